The highest BCUT2D eigenvalue weighted by atomic mass is 15.4. The minimum atomic E-state index is 0.443. The number of hydrogen-bond donors (Lipinski definition) is 1. The van der Waals surface area contributed by atoms with E-state index in [0.29, 0.717) is 11.5 Å². The van der Waals surface area contributed by atoms with Gasteiger partial charge in [-0.25, -0.2) is 4.68 Å². The van der Waals surface area contributed by atoms with Crippen molar-refractivity contribution >= 4 is 5.95 Å². The van der Waals surface area contributed by atoms with Crippen LogP contribution in [0.3, 0.4) is 0 Å². The Morgan fingerprint density at radius 2 is 2.05 bits per heavy atom. The first-order valence-electron chi connectivity index (χ1n) is 7.02. The molecule has 2 heterocycles. The maximum atomic E-state index is 4.75. The molecule has 2 aliphatic rings. The van der Waals surface area contributed by atoms with E-state index >= 15 is 0 Å². The third-order valence-corrected chi connectivity index (χ3v) is 4.50. The summed E-state index contributed by atoms with van der Waals surface area (Å²) in [5.74, 6) is 1.77. The van der Waals surface area contributed by atoms with Crippen molar-refractivity contribution in [1.29, 1.82) is 0 Å². The number of hydrogen-bond acceptors (Lipinski definition) is 3. The van der Waals surface area contributed by atoms with Gasteiger partial charge in [-0.1, -0.05) is 37.3 Å². The Balaban J connectivity index is 1.76. The Morgan fingerprint density at radius 3 is 2.79 bits per heavy atom. The van der Waals surface area contributed by atoms with Crippen molar-refractivity contribution in [3.05, 3.63) is 30.3 Å². The van der Waals surface area contributed by atoms with Gasteiger partial charge in [0.05, 0.1) is 6.04 Å². The van der Waals surface area contributed by atoms with Crippen LogP contribution in [0.2, 0.25) is 0 Å². The first kappa shape index (κ1) is 11.0. The van der Waals surface area contributed by atoms with Crippen LogP contribution in [0.4, 0.5) is 5.95 Å². The summed E-state index contributed by atoms with van der Waals surface area (Å²) in [5.41, 5.74) is 1.53. The highest BCUT2D eigenvalue weighted by Crippen LogP contribution is 2.56. The average Bonchev–Trinajstić information content (AvgIpc) is 3.05. The molecule has 1 atom stereocenters. The summed E-state index contributed by atoms with van der Waals surface area (Å²) in [6.45, 7) is 3.38. The predicted octanol–water partition coefficient (Wildman–Crippen LogP) is 3.10. The van der Waals surface area contributed by atoms with Gasteiger partial charge in [0.1, 0.15) is 0 Å². The van der Waals surface area contributed by atoms with Gasteiger partial charge in [0.2, 0.25) is 5.95 Å². The quantitative estimate of drug-likeness (QED) is 0.895. The van der Waals surface area contributed by atoms with Crippen LogP contribution in [0.5, 0.6) is 0 Å². The summed E-state index contributed by atoms with van der Waals surface area (Å²) < 4.78 is 2.12. The van der Waals surface area contributed by atoms with E-state index in [1.165, 1.54) is 12.8 Å². The van der Waals surface area contributed by atoms with Gasteiger partial charge in [-0.2, -0.15) is 4.98 Å². The standard InChI is InChI=1S/C15H18N4/c1-15(8-9-15)12-7-10-16-14-17-13(18-19(12)14)11-5-3-2-4-6-11/h2-6,12H,7-10H2,1H3,(H,16,17,18). The zero-order chi connectivity index (χ0) is 12.9. The third kappa shape index (κ3) is 1.74. The lowest BCUT2D eigenvalue weighted by Crippen LogP contribution is -2.29. The Morgan fingerprint density at radius 1 is 1.26 bits per heavy atom. The van der Waals surface area contributed by atoms with Crippen LogP contribution < -0.4 is 5.32 Å². The van der Waals surface area contributed by atoms with Gasteiger partial charge in [-0.15, -0.1) is 5.10 Å². The van der Waals surface area contributed by atoms with Crippen molar-refractivity contribution in [3.63, 3.8) is 0 Å². The van der Waals surface area contributed by atoms with Gasteiger partial charge in [0, 0.05) is 12.1 Å². The van der Waals surface area contributed by atoms with E-state index in [1.807, 2.05) is 18.2 Å². The van der Waals surface area contributed by atoms with E-state index in [-0.39, 0.29) is 0 Å². The van der Waals surface area contributed by atoms with Crippen molar-refractivity contribution in [2.45, 2.75) is 32.2 Å². The Hall–Kier alpha value is -1.84. The van der Waals surface area contributed by atoms with Crippen LogP contribution in [0.15, 0.2) is 30.3 Å². The molecule has 0 amide bonds. The highest BCUT2D eigenvalue weighted by molar-refractivity contribution is 5.56. The van der Waals surface area contributed by atoms with E-state index in [2.05, 4.69) is 34.0 Å². The largest absolute Gasteiger partial charge is 0.354 e. The average molecular weight is 254 g/mol. The summed E-state index contributed by atoms with van der Waals surface area (Å²) in [6.07, 6.45) is 3.79. The van der Waals surface area contributed by atoms with Crippen LogP contribution in [0, 0.1) is 5.41 Å². The molecule has 4 heteroatoms. The molecule has 0 radical (unpaired) electrons. The number of anilines is 1. The van der Waals surface area contributed by atoms with Gasteiger partial charge in [0.25, 0.3) is 0 Å². The molecule has 2 aromatic rings. The number of fused-ring (bicyclic) bond motifs is 1. The molecular formula is C15H18N4. The summed E-state index contributed by atoms with van der Waals surface area (Å²) in [7, 11) is 0. The van der Waals surface area contributed by atoms with Crippen molar-refractivity contribution in [3.8, 4) is 11.4 Å². The molecular weight excluding hydrogens is 236 g/mol. The van der Waals surface area contributed by atoms with E-state index in [0.717, 1.165) is 30.3 Å². The maximum absolute atomic E-state index is 4.75. The highest BCUT2D eigenvalue weighted by Gasteiger charge is 2.47. The van der Waals surface area contributed by atoms with Crippen molar-refractivity contribution in [1.82, 2.24) is 14.8 Å². The molecule has 0 saturated heterocycles. The van der Waals surface area contributed by atoms with Crippen molar-refractivity contribution in [2.24, 2.45) is 5.41 Å². The molecule has 19 heavy (non-hydrogen) atoms. The Kier molecular flexibility index (Phi) is 2.22. The van der Waals surface area contributed by atoms with Crippen LogP contribution in [0.1, 0.15) is 32.2 Å². The SMILES string of the molecule is CC1(C2CCNc3nc(-c4ccccc4)nn32)CC1. The van der Waals surface area contributed by atoms with Crippen LogP contribution in [-0.2, 0) is 0 Å². The smallest absolute Gasteiger partial charge is 0.221 e. The first-order chi connectivity index (χ1) is 9.26. The lowest BCUT2D eigenvalue weighted by Gasteiger charge is -2.29. The maximum Gasteiger partial charge on any atom is 0.221 e. The predicted molar refractivity (Wildman–Crippen MR) is 74.9 cm³/mol. The summed E-state index contributed by atoms with van der Waals surface area (Å²) in [4.78, 5) is 4.65. The molecule has 4 nitrogen and oxygen atoms in total. The summed E-state index contributed by atoms with van der Waals surface area (Å²) >= 11 is 0. The molecule has 1 aromatic carbocycles. The molecule has 1 saturated carbocycles. The number of rotatable bonds is 2. The molecule has 1 unspecified atom stereocenters. The fourth-order valence-electron chi connectivity index (χ4n) is 2.99. The fourth-order valence-corrected chi connectivity index (χ4v) is 2.99. The lowest BCUT2D eigenvalue weighted by molar-refractivity contribution is 0.284. The monoisotopic (exact) mass is 254 g/mol. The third-order valence-electron chi connectivity index (χ3n) is 4.50. The van der Waals surface area contributed by atoms with Crippen LogP contribution >= 0.6 is 0 Å². The van der Waals surface area contributed by atoms with E-state index in [9.17, 15) is 0 Å². The number of nitrogens with zero attached hydrogens (tertiary/aromatic N) is 3. The zero-order valence-electron chi connectivity index (χ0n) is 11.1. The normalized spacial score (nSPS) is 23.5. The molecule has 1 N–H and O–H groups in total. The molecule has 0 spiro atoms. The second-order valence-corrected chi connectivity index (χ2v) is 5.95. The molecule has 1 aromatic heterocycles. The van der Waals surface area contributed by atoms with Crippen LogP contribution in [-0.4, -0.2) is 21.3 Å². The van der Waals surface area contributed by atoms with Gasteiger partial charge >= 0.3 is 0 Å². The molecule has 98 valence electrons. The van der Waals surface area contributed by atoms with Crippen molar-refractivity contribution in [2.75, 3.05) is 11.9 Å². The second kappa shape index (κ2) is 3.83. The molecule has 1 aliphatic carbocycles. The number of aromatic nitrogens is 3. The Labute approximate surface area is 112 Å². The molecule has 4 rings (SSSR count). The minimum absolute atomic E-state index is 0.443. The summed E-state index contributed by atoms with van der Waals surface area (Å²) in [5, 5.41) is 8.12. The zero-order valence-corrected chi connectivity index (χ0v) is 11.1. The molecule has 1 fully saturated rings. The van der Waals surface area contributed by atoms with Gasteiger partial charge in [-0.3, -0.25) is 0 Å². The van der Waals surface area contributed by atoms with E-state index in [4.69, 9.17) is 5.10 Å². The topological polar surface area (TPSA) is 42.7 Å². The Bertz CT molecular complexity index is 598. The van der Waals surface area contributed by atoms with Gasteiger partial charge in [-0.05, 0) is 24.7 Å². The van der Waals surface area contributed by atoms with E-state index in [1.54, 1.807) is 0 Å². The minimum Gasteiger partial charge on any atom is -0.354 e. The molecule has 1 aliphatic heterocycles. The van der Waals surface area contributed by atoms with Crippen LogP contribution in [0.25, 0.3) is 11.4 Å². The van der Waals surface area contributed by atoms with Crippen molar-refractivity contribution < 1.29 is 0 Å². The van der Waals surface area contributed by atoms with E-state index < -0.39 is 0 Å². The lowest BCUT2D eigenvalue weighted by atomic mass is 9.95. The second-order valence-electron chi connectivity index (χ2n) is 5.95. The number of benzene rings is 1. The van der Waals surface area contributed by atoms with Gasteiger partial charge < -0.3 is 5.32 Å². The first-order valence-corrected chi connectivity index (χ1v) is 7.02. The summed E-state index contributed by atoms with van der Waals surface area (Å²) in [6, 6.07) is 10.7. The molecule has 0 bridgehead atoms. The number of nitrogens with one attached hydrogen (secondary N) is 1. The van der Waals surface area contributed by atoms with Gasteiger partial charge in [0.15, 0.2) is 5.82 Å². The fraction of sp³-hybridized carbons (Fsp3) is 0.467.